The number of hydrogen-bond acceptors (Lipinski definition) is 4. The highest BCUT2D eigenvalue weighted by Crippen LogP contribution is 2.52. The van der Waals surface area contributed by atoms with Crippen molar-refractivity contribution in [1.82, 2.24) is 5.06 Å². The molecule has 1 saturated heterocycles. The number of carbonyl (C=O) groups excluding carboxylic acids is 2. The molecule has 152 valence electrons. The van der Waals surface area contributed by atoms with Gasteiger partial charge in [-0.2, -0.15) is 5.06 Å². The van der Waals surface area contributed by atoms with Crippen molar-refractivity contribution in [3.05, 3.63) is 71.8 Å². The molecular weight excluding hydrogens is 382 g/mol. The SMILES string of the molecule is O=C(O)CC1c2ccccc2-c2ccccc21.O=C1C2C3C=CC(C3)C2C(=O)N1O. The van der Waals surface area contributed by atoms with Crippen LogP contribution in [-0.4, -0.2) is 33.2 Å². The average Bonchev–Trinajstić information content (AvgIpc) is 3.49. The van der Waals surface area contributed by atoms with Crippen LogP contribution >= 0.6 is 0 Å². The van der Waals surface area contributed by atoms with Gasteiger partial charge in [-0.1, -0.05) is 60.7 Å². The number of benzene rings is 2. The summed E-state index contributed by atoms with van der Waals surface area (Å²) in [6, 6.07) is 16.1. The van der Waals surface area contributed by atoms with Crippen molar-refractivity contribution in [1.29, 1.82) is 0 Å². The Labute approximate surface area is 173 Å². The topological polar surface area (TPSA) is 94.9 Å². The van der Waals surface area contributed by atoms with Gasteiger partial charge in [-0.15, -0.1) is 0 Å². The first kappa shape index (κ1) is 18.8. The van der Waals surface area contributed by atoms with E-state index >= 15 is 0 Å². The van der Waals surface area contributed by atoms with E-state index in [1.165, 1.54) is 11.1 Å². The molecule has 6 nitrogen and oxygen atoms in total. The van der Waals surface area contributed by atoms with Crippen LogP contribution in [0.2, 0.25) is 0 Å². The molecule has 2 fully saturated rings. The van der Waals surface area contributed by atoms with Crippen molar-refractivity contribution in [3.63, 3.8) is 0 Å². The van der Waals surface area contributed by atoms with E-state index in [-0.39, 0.29) is 36.0 Å². The lowest BCUT2D eigenvalue weighted by Crippen LogP contribution is -2.29. The molecule has 0 spiro atoms. The fourth-order valence-corrected chi connectivity index (χ4v) is 5.54. The number of fused-ring (bicyclic) bond motifs is 8. The van der Waals surface area contributed by atoms with E-state index in [0.717, 1.165) is 17.5 Å². The number of carboxylic acids is 1. The third kappa shape index (κ3) is 2.71. The van der Waals surface area contributed by atoms with Gasteiger partial charge in [-0.25, -0.2) is 0 Å². The number of amides is 2. The van der Waals surface area contributed by atoms with Crippen molar-refractivity contribution in [3.8, 4) is 11.1 Å². The molecule has 4 atom stereocenters. The van der Waals surface area contributed by atoms with Crippen molar-refractivity contribution in [2.45, 2.75) is 18.8 Å². The van der Waals surface area contributed by atoms with Crippen LogP contribution in [0, 0.1) is 23.7 Å². The molecule has 2 amide bonds. The predicted molar refractivity (Wildman–Crippen MR) is 107 cm³/mol. The van der Waals surface area contributed by atoms with E-state index in [4.69, 9.17) is 10.3 Å². The van der Waals surface area contributed by atoms with Crippen LogP contribution in [0.25, 0.3) is 11.1 Å². The van der Waals surface area contributed by atoms with Crippen LogP contribution in [-0.2, 0) is 14.4 Å². The lowest BCUT2D eigenvalue weighted by Gasteiger charge is -2.13. The van der Waals surface area contributed by atoms with Gasteiger partial charge in [0, 0.05) is 5.92 Å². The molecule has 4 aliphatic rings. The Kier molecular flexibility index (Phi) is 4.33. The van der Waals surface area contributed by atoms with E-state index in [1.807, 2.05) is 48.6 Å². The molecule has 1 saturated carbocycles. The number of nitrogens with zero attached hydrogens (tertiary/aromatic N) is 1. The minimum atomic E-state index is -0.749. The molecule has 6 heteroatoms. The number of hydrogen-bond donors (Lipinski definition) is 2. The maximum absolute atomic E-state index is 11.4. The molecule has 0 radical (unpaired) electrons. The Morgan fingerprint density at radius 3 is 1.80 bits per heavy atom. The van der Waals surface area contributed by atoms with Gasteiger partial charge in [0.15, 0.2) is 0 Å². The zero-order valence-corrected chi connectivity index (χ0v) is 16.1. The summed E-state index contributed by atoms with van der Waals surface area (Å²) in [5.41, 5.74) is 4.62. The van der Waals surface area contributed by atoms with Crippen LogP contribution in [0.1, 0.15) is 29.9 Å². The van der Waals surface area contributed by atoms with Gasteiger partial charge in [0.25, 0.3) is 11.8 Å². The third-order valence-electron chi connectivity index (χ3n) is 6.79. The summed E-state index contributed by atoms with van der Waals surface area (Å²) in [4.78, 5) is 33.8. The monoisotopic (exact) mass is 403 g/mol. The summed E-state index contributed by atoms with van der Waals surface area (Å²) >= 11 is 0. The smallest absolute Gasteiger partial charge is 0.304 e. The Morgan fingerprint density at radius 2 is 1.33 bits per heavy atom. The van der Waals surface area contributed by atoms with Gasteiger partial charge in [0.1, 0.15) is 0 Å². The maximum Gasteiger partial charge on any atom is 0.304 e. The normalized spacial score (nSPS) is 27.6. The first-order valence-corrected chi connectivity index (χ1v) is 10.1. The highest BCUT2D eigenvalue weighted by molar-refractivity contribution is 6.05. The molecule has 3 aliphatic carbocycles. The molecule has 2 aromatic carbocycles. The summed E-state index contributed by atoms with van der Waals surface area (Å²) < 4.78 is 0. The fraction of sp³-hybridized carbons (Fsp3) is 0.292. The lowest BCUT2D eigenvalue weighted by atomic mass is 9.85. The number of carbonyl (C=O) groups is 3. The van der Waals surface area contributed by atoms with Crippen molar-refractivity contribution < 1.29 is 24.7 Å². The Bertz CT molecular complexity index is 1020. The molecule has 4 unspecified atom stereocenters. The molecule has 6 rings (SSSR count). The minimum Gasteiger partial charge on any atom is -0.481 e. The quantitative estimate of drug-likeness (QED) is 0.455. The maximum atomic E-state index is 11.4. The number of aliphatic carboxylic acids is 1. The van der Waals surface area contributed by atoms with Crippen LogP contribution in [0.5, 0.6) is 0 Å². The van der Waals surface area contributed by atoms with Gasteiger partial charge in [-0.3, -0.25) is 19.6 Å². The van der Waals surface area contributed by atoms with E-state index < -0.39 is 17.8 Å². The molecule has 30 heavy (non-hydrogen) atoms. The minimum absolute atomic E-state index is 0.0000926. The second kappa shape index (κ2) is 6.92. The van der Waals surface area contributed by atoms with E-state index in [0.29, 0.717) is 5.06 Å². The summed E-state index contributed by atoms with van der Waals surface area (Å²) in [6.45, 7) is 0. The summed E-state index contributed by atoms with van der Waals surface area (Å²) in [6.07, 6.45) is 5.06. The van der Waals surface area contributed by atoms with Crippen LogP contribution < -0.4 is 0 Å². The second-order valence-corrected chi connectivity index (χ2v) is 8.31. The van der Waals surface area contributed by atoms with Gasteiger partial charge >= 0.3 is 5.97 Å². The Morgan fingerprint density at radius 1 is 0.867 bits per heavy atom. The van der Waals surface area contributed by atoms with Crippen LogP contribution in [0.4, 0.5) is 0 Å². The van der Waals surface area contributed by atoms with Crippen LogP contribution in [0.15, 0.2) is 60.7 Å². The van der Waals surface area contributed by atoms with Crippen molar-refractivity contribution >= 4 is 17.8 Å². The molecule has 2 aromatic rings. The standard InChI is InChI=1S/C15H12O2.C9H9NO3/c16-15(17)9-14-12-7-3-1-5-10(12)11-6-2-4-8-13(11)14;11-8-6-4-1-2-5(3-4)7(6)9(12)10(8)13/h1-8,14H,9H2,(H,16,17);1-2,4-7,13H,3H2. The number of rotatable bonds is 2. The van der Waals surface area contributed by atoms with Crippen molar-refractivity contribution in [2.75, 3.05) is 0 Å². The van der Waals surface area contributed by atoms with E-state index in [9.17, 15) is 14.4 Å². The Hall–Kier alpha value is -3.25. The van der Waals surface area contributed by atoms with Gasteiger partial charge < -0.3 is 5.11 Å². The number of hydroxylamine groups is 2. The van der Waals surface area contributed by atoms with Crippen LogP contribution in [0.3, 0.4) is 0 Å². The molecular formula is C24H21NO5. The largest absolute Gasteiger partial charge is 0.481 e. The lowest BCUT2D eigenvalue weighted by molar-refractivity contribution is -0.173. The Balaban J connectivity index is 0.000000133. The highest BCUT2D eigenvalue weighted by atomic mass is 16.5. The third-order valence-corrected chi connectivity index (χ3v) is 6.79. The van der Waals surface area contributed by atoms with E-state index in [1.54, 1.807) is 0 Å². The molecule has 2 N–H and O–H groups in total. The number of carboxylic acid groups (broad SMARTS) is 1. The summed E-state index contributed by atoms with van der Waals surface area (Å²) in [7, 11) is 0. The zero-order chi connectivity index (χ0) is 21.0. The molecule has 0 aromatic heterocycles. The summed E-state index contributed by atoms with van der Waals surface area (Å²) in [5.74, 6) is -1.74. The van der Waals surface area contributed by atoms with E-state index in [2.05, 4.69) is 12.1 Å². The van der Waals surface area contributed by atoms with Gasteiger partial charge in [0.05, 0.1) is 18.3 Å². The van der Waals surface area contributed by atoms with Gasteiger partial charge in [-0.05, 0) is 40.5 Å². The molecule has 2 bridgehead atoms. The first-order valence-electron chi connectivity index (χ1n) is 10.1. The number of allylic oxidation sites excluding steroid dienone is 2. The first-order chi connectivity index (χ1) is 14.5. The molecule has 1 aliphatic heterocycles. The zero-order valence-electron chi connectivity index (χ0n) is 16.1. The van der Waals surface area contributed by atoms with Crippen molar-refractivity contribution in [2.24, 2.45) is 23.7 Å². The average molecular weight is 403 g/mol. The fourth-order valence-electron chi connectivity index (χ4n) is 5.54. The van der Waals surface area contributed by atoms with Gasteiger partial charge in [0.2, 0.25) is 0 Å². The highest BCUT2D eigenvalue weighted by Gasteiger charge is 2.59. The predicted octanol–water partition coefficient (Wildman–Crippen LogP) is 3.46. The molecule has 1 heterocycles. The second-order valence-electron chi connectivity index (χ2n) is 8.31. The number of imide groups is 1. The summed E-state index contributed by atoms with van der Waals surface area (Å²) in [5, 5.41) is 18.5.